The predicted molar refractivity (Wildman–Crippen MR) is 89.6 cm³/mol. The molecule has 1 amide bonds. The third-order valence-corrected chi connectivity index (χ3v) is 4.47. The van der Waals surface area contributed by atoms with Crippen LogP contribution < -0.4 is 15.4 Å². The van der Waals surface area contributed by atoms with Gasteiger partial charge in [-0.15, -0.1) is 0 Å². The minimum absolute atomic E-state index is 0.0152. The van der Waals surface area contributed by atoms with Crippen molar-refractivity contribution in [1.82, 2.24) is 5.32 Å². The number of rotatable bonds is 6. The molecule has 6 heteroatoms. The topological polar surface area (TPSA) is 50.4 Å². The fourth-order valence-corrected chi connectivity index (χ4v) is 3.23. The van der Waals surface area contributed by atoms with Crippen LogP contribution in [0.5, 0.6) is 5.75 Å². The Labute approximate surface area is 135 Å². The number of carbonyl (C=O) groups is 1. The molecule has 0 bridgehead atoms. The average Bonchev–Trinajstić information content (AvgIpc) is 2.47. The Balaban J connectivity index is 1.96. The number of amides is 1. The Morgan fingerprint density at radius 2 is 2.43 bits per heavy atom. The van der Waals surface area contributed by atoms with Gasteiger partial charge in [0.15, 0.2) is 0 Å². The minimum atomic E-state index is -0.0152. The highest BCUT2D eigenvalue weighted by Crippen LogP contribution is 2.28. The van der Waals surface area contributed by atoms with Gasteiger partial charge in [0.2, 0.25) is 5.91 Å². The molecule has 21 heavy (non-hydrogen) atoms. The molecule has 1 fully saturated rings. The molecule has 1 aliphatic heterocycles. The van der Waals surface area contributed by atoms with E-state index >= 15 is 0 Å². The van der Waals surface area contributed by atoms with E-state index in [1.54, 1.807) is 18.2 Å². The Bertz CT molecular complexity index is 479. The lowest BCUT2D eigenvalue weighted by molar-refractivity contribution is -0.116. The van der Waals surface area contributed by atoms with E-state index in [4.69, 9.17) is 16.3 Å². The quantitative estimate of drug-likeness (QED) is 0.842. The van der Waals surface area contributed by atoms with Crippen molar-refractivity contribution in [3.63, 3.8) is 0 Å². The number of thioether (sulfide) groups is 1. The maximum atomic E-state index is 12.2. The first kappa shape index (κ1) is 16.5. The summed E-state index contributed by atoms with van der Waals surface area (Å²) in [5.41, 5.74) is 0.643. The Morgan fingerprint density at radius 3 is 3.14 bits per heavy atom. The highest BCUT2D eigenvalue weighted by atomic mass is 35.5. The van der Waals surface area contributed by atoms with Crippen LogP contribution in [0.1, 0.15) is 19.8 Å². The smallest absolute Gasteiger partial charge is 0.226 e. The fourth-order valence-electron chi connectivity index (χ4n) is 2.11. The standard InChI is InChI=1S/C15H21ClN2O2S/c1-2-6-20-14-4-3-11(16)8-13(14)18-15(19)9-12-10-21-7-5-17-12/h3-4,8,12,17H,2,5-7,9-10H2,1H3,(H,18,19). The minimum Gasteiger partial charge on any atom is -0.491 e. The van der Waals surface area contributed by atoms with Gasteiger partial charge >= 0.3 is 0 Å². The monoisotopic (exact) mass is 328 g/mol. The summed E-state index contributed by atoms with van der Waals surface area (Å²) in [6, 6.07) is 5.53. The first-order chi connectivity index (χ1) is 10.2. The van der Waals surface area contributed by atoms with Crippen LogP contribution in [0.25, 0.3) is 0 Å². The van der Waals surface area contributed by atoms with Gasteiger partial charge in [-0.05, 0) is 24.6 Å². The molecular formula is C15H21ClN2O2S. The second-order valence-corrected chi connectivity index (χ2v) is 6.55. The summed E-state index contributed by atoms with van der Waals surface area (Å²) in [6.07, 6.45) is 1.38. The van der Waals surface area contributed by atoms with Crippen molar-refractivity contribution in [3.05, 3.63) is 23.2 Å². The van der Waals surface area contributed by atoms with Crippen molar-refractivity contribution < 1.29 is 9.53 Å². The molecule has 1 saturated heterocycles. The summed E-state index contributed by atoms with van der Waals surface area (Å²) in [4.78, 5) is 12.2. The lowest BCUT2D eigenvalue weighted by Crippen LogP contribution is -2.39. The first-order valence-electron chi connectivity index (χ1n) is 7.22. The van der Waals surface area contributed by atoms with Crippen LogP contribution in [0.2, 0.25) is 5.02 Å². The summed E-state index contributed by atoms with van der Waals surface area (Å²) in [6.45, 7) is 3.62. The van der Waals surface area contributed by atoms with E-state index in [9.17, 15) is 4.79 Å². The molecule has 1 aromatic rings. The van der Waals surface area contributed by atoms with E-state index in [1.807, 2.05) is 18.7 Å². The van der Waals surface area contributed by atoms with Crippen LogP contribution in [0, 0.1) is 0 Å². The van der Waals surface area contributed by atoms with E-state index < -0.39 is 0 Å². The van der Waals surface area contributed by atoms with Gasteiger partial charge in [-0.25, -0.2) is 0 Å². The molecule has 1 atom stereocenters. The van der Waals surface area contributed by atoms with E-state index in [1.165, 1.54) is 0 Å². The zero-order chi connectivity index (χ0) is 15.1. The maximum Gasteiger partial charge on any atom is 0.226 e. The number of hydrogen-bond donors (Lipinski definition) is 2. The van der Waals surface area contributed by atoms with Gasteiger partial charge < -0.3 is 15.4 Å². The lowest BCUT2D eigenvalue weighted by Gasteiger charge is -2.22. The van der Waals surface area contributed by atoms with Gasteiger partial charge in [0, 0.05) is 35.5 Å². The van der Waals surface area contributed by atoms with Crippen LogP contribution in [0.15, 0.2) is 18.2 Å². The zero-order valence-electron chi connectivity index (χ0n) is 12.2. The van der Waals surface area contributed by atoms with Crippen molar-refractivity contribution in [2.24, 2.45) is 0 Å². The number of benzene rings is 1. The highest BCUT2D eigenvalue weighted by molar-refractivity contribution is 7.99. The molecule has 0 radical (unpaired) electrons. The van der Waals surface area contributed by atoms with Crippen molar-refractivity contribution >= 4 is 35.0 Å². The number of hydrogen-bond acceptors (Lipinski definition) is 4. The van der Waals surface area contributed by atoms with Gasteiger partial charge in [-0.2, -0.15) is 11.8 Å². The number of nitrogens with one attached hydrogen (secondary N) is 2. The van der Waals surface area contributed by atoms with Crippen molar-refractivity contribution in [3.8, 4) is 5.75 Å². The van der Waals surface area contributed by atoms with Crippen LogP contribution >= 0.6 is 23.4 Å². The van der Waals surface area contributed by atoms with Crippen LogP contribution in [0.4, 0.5) is 5.69 Å². The third-order valence-electron chi connectivity index (χ3n) is 3.11. The predicted octanol–water partition coefficient (Wildman–Crippen LogP) is 3.16. The van der Waals surface area contributed by atoms with Crippen molar-refractivity contribution in [1.29, 1.82) is 0 Å². The first-order valence-corrected chi connectivity index (χ1v) is 8.75. The molecule has 1 aromatic carbocycles. The van der Waals surface area contributed by atoms with Gasteiger partial charge in [0.1, 0.15) is 5.75 Å². The molecule has 0 aromatic heterocycles. The van der Waals surface area contributed by atoms with Crippen molar-refractivity contribution in [2.45, 2.75) is 25.8 Å². The second kappa shape index (κ2) is 8.51. The Hall–Kier alpha value is -0.910. The van der Waals surface area contributed by atoms with E-state index in [0.717, 1.165) is 24.5 Å². The fraction of sp³-hybridized carbons (Fsp3) is 0.533. The molecule has 1 heterocycles. The molecular weight excluding hydrogens is 308 g/mol. The molecule has 0 spiro atoms. The lowest BCUT2D eigenvalue weighted by atomic mass is 10.2. The molecule has 1 unspecified atom stereocenters. The molecule has 116 valence electrons. The summed E-state index contributed by atoms with van der Waals surface area (Å²) in [5.74, 6) is 2.74. The third kappa shape index (κ3) is 5.41. The van der Waals surface area contributed by atoms with Crippen LogP contribution in [-0.4, -0.2) is 36.6 Å². The highest BCUT2D eigenvalue weighted by Gasteiger charge is 2.17. The largest absolute Gasteiger partial charge is 0.491 e. The number of halogens is 1. The molecule has 4 nitrogen and oxygen atoms in total. The second-order valence-electron chi connectivity index (χ2n) is 4.97. The SMILES string of the molecule is CCCOc1ccc(Cl)cc1NC(=O)CC1CSCCN1. The normalized spacial score (nSPS) is 18.3. The Kier molecular flexibility index (Phi) is 6.67. The maximum absolute atomic E-state index is 12.2. The summed E-state index contributed by atoms with van der Waals surface area (Å²) in [7, 11) is 0. The van der Waals surface area contributed by atoms with Gasteiger partial charge in [0.25, 0.3) is 0 Å². The van der Waals surface area contributed by atoms with E-state index in [0.29, 0.717) is 29.5 Å². The summed E-state index contributed by atoms with van der Waals surface area (Å²) in [5, 5.41) is 6.85. The number of anilines is 1. The molecule has 2 N–H and O–H groups in total. The molecule has 2 rings (SSSR count). The van der Waals surface area contributed by atoms with Gasteiger partial charge in [-0.3, -0.25) is 4.79 Å². The number of carbonyl (C=O) groups excluding carboxylic acids is 1. The molecule has 1 aliphatic rings. The van der Waals surface area contributed by atoms with Crippen molar-refractivity contribution in [2.75, 3.05) is 30.0 Å². The van der Waals surface area contributed by atoms with Crippen LogP contribution in [0.3, 0.4) is 0 Å². The van der Waals surface area contributed by atoms with E-state index in [-0.39, 0.29) is 11.9 Å². The van der Waals surface area contributed by atoms with Crippen LogP contribution in [-0.2, 0) is 4.79 Å². The zero-order valence-corrected chi connectivity index (χ0v) is 13.7. The molecule has 0 saturated carbocycles. The molecule has 0 aliphatic carbocycles. The number of ether oxygens (including phenoxy) is 1. The van der Waals surface area contributed by atoms with Gasteiger partial charge in [-0.1, -0.05) is 18.5 Å². The average molecular weight is 329 g/mol. The van der Waals surface area contributed by atoms with Gasteiger partial charge in [0.05, 0.1) is 12.3 Å². The summed E-state index contributed by atoms with van der Waals surface area (Å²) < 4.78 is 5.64. The Morgan fingerprint density at radius 1 is 1.57 bits per heavy atom. The summed E-state index contributed by atoms with van der Waals surface area (Å²) >= 11 is 7.88. The van der Waals surface area contributed by atoms with E-state index in [2.05, 4.69) is 10.6 Å².